The fourth-order valence-electron chi connectivity index (χ4n) is 5.06. The van der Waals surface area contributed by atoms with Crippen LogP contribution in [0.1, 0.15) is 24.8 Å². The van der Waals surface area contributed by atoms with Crippen molar-refractivity contribution in [3.05, 3.63) is 64.5 Å². The van der Waals surface area contributed by atoms with E-state index in [1.54, 1.807) is 0 Å². The number of rotatable bonds is 9. The summed E-state index contributed by atoms with van der Waals surface area (Å²) < 4.78 is 13.4. The van der Waals surface area contributed by atoms with E-state index in [1.165, 1.54) is 297 Å². The Kier molecular flexibility index (Phi) is 36.6. The molecular formula is C28H29K8N7O4. The summed E-state index contributed by atoms with van der Waals surface area (Å²) in [7, 11) is 5.57. The number of fused-ring (bicyclic) bond motifs is 1. The van der Waals surface area contributed by atoms with Crippen LogP contribution in [-0.2, 0) is 7.05 Å². The number of benzene rings is 2. The molecule has 0 aliphatic carbocycles. The molecule has 2 aromatic carbocycles. The summed E-state index contributed by atoms with van der Waals surface area (Å²) in [6.45, 7) is 1.80. The van der Waals surface area contributed by atoms with Crippen molar-refractivity contribution in [1.29, 1.82) is 5.26 Å². The second kappa shape index (κ2) is 32.2. The quantitative estimate of drug-likeness (QED) is 0.153. The van der Waals surface area contributed by atoms with Gasteiger partial charge >= 0.3 is 253 Å². The molecule has 5 rings (SSSR count). The molecule has 208 valence electrons. The first-order chi connectivity index (χ1) is 22.9. The molecule has 2 aromatic heterocycles. The van der Waals surface area contributed by atoms with Crippen LogP contribution in [0.4, 0.5) is 17.3 Å². The molecule has 1 atom stereocenters. The number of non-ortho nitro benzene ring substituents is 1. The summed E-state index contributed by atoms with van der Waals surface area (Å²) in [4.78, 5) is 22.0. The van der Waals surface area contributed by atoms with Crippen molar-refractivity contribution in [2.75, 3.05) is 32.6 Å². The zero-order valence-corrected chi connectivity index (χ0v) is 55.0. The van der Waals surface area contributed by atoms with Gasteiger partial charge in [-0.3, -0.25) is 10.1 Å². The average Bonchev–Trinajstić information content (AvgIpc) is 3.69. The second-order valence-corrected chi connectivity index (χ2v) is 9.58. The van der Waals surface area contributed by atoms with E-state index in [4.69, 9.17) is 9.47 Å². The van der Waals surface area contributed by atoms with Crippen LogP contribution < -0.4 is 14.8 Å². The summed E-state index contributed by atoms with van der Waals surface area (Å²) in [5, 5.41) is 25.0. The zero-order valence-electron chi connectivity index (χ0n) is 30.0. The van der Waals surface area contributed by atoms with Crippen molar-refractivity contribution < 1.29 is 14.4 Å². The van der Waals surface area contributed by atoms with Gasteiger partial charge in [-0.15, -0.1) is 0 Å². The van der Waals surface area contributed by atoms with Crippen LogP contribution in [0.2, 0.25) is 0 Å². The van der Waals surface area contributed by atoms with Crippen molar-refractivity contribution in [3.8, 4) is 28.8 Å². The number of aromatic nitrogens is 3. The average molecular weight is 840 g/mol. The fraction of sp³-hybridized carbons (Fsp3) is 0.321. The van der Waals surface area contributed by atoms with Crippen LogP contribution in [-0.4, -0.2) is 310 Å². The van der Waals surface area contributed by atoms with Crippen molar-refractivity contribution >= 4 is 281 Å². The van der Waals surface area contributed by atoms with Gasteiger partial charge in [0.25, 0.3) is 5.69 Å². The van der Waals surface area contributed by atoms with Crippen molar-refractivity contribution in [3.63, 3.8) is 0 Å². The number of nitrogens with one attached hydrogen (secondary N) is 1. The van der Waals surface area contributed by atoms with Crippen molar-refractivity contribution in [1.82, 2.24) is 19.4 Å². The number of nitro benzene ring substituents is 1. The predicted molar refractivity (Wildman–Crippen MR) is 193 cm³/mol. The molecule has 47 heavy (non-hydrogen) atoms. The number of aryl methyl sites for hydroxylation is 1. The first kappa shape index (κ1) is 53.4. The Balaban J connectivity index is 0.00000128. The number of nitriles is 1. The number of nitro groups is 1. The molecule has 1 N–H and O–H groups in total. The van der Waals surface area contributed by atoms with Crippen LogP contribution >= 0.6 is 0 Å². The third-order valence-electron chi connectivity index (χ3n) is 7.16. The molecule has 1 fully saturated rings. The van der Waals surface area contributed by atoms with Gasteiger partial charge in [0.1, 0.15) is 17.6 Å². The Hall–Kier alpha value is 8.40. The Morgan fingerprint density at radius 2 is 1.79 bits per heavy atom. The molecule has 0 bridgehead atoms. The molecule has 3 heterocycles. The molecule has 1 aliphatic heterocycles. The molecule has 19 heteroatoms. The number of hydrogen-bond donors (Lipinski definition) is 1. The van der Waals surface area contributed by atoms with E-state index in [1.807, 2.05) is 36.0 Å². The van der Waals surface area contributed by atoms with Crippen LogP contribution in [0.15, 0.2) is 48.8 Å². The number of ether oxygens (including phenoxy) is 2. The Labute approximate surface area is 458 Å². The molecule has 0 amide bonds. The number of likely N-dealkylation sites (tertiary alicyclic amines) is 1. The van der Waals surface area contributed by atoms with Gasteiger partial charge < -0.3 is 24.3 Å². The first-order valence-corrected chi connectivity index (χ1v) is 80.7. The minimum absolute atomic E-state index is 0.102. The second-order valence-electron chi connectivity index (χ2n) is 9.58. The maximum absolute atomic E-state index is 11.3. The van der Waals surface area contributed by atoms with E-state index in [-0.39, 0.29) is 11.6 Å². The zero-order chi connectivity index (χ0) is 35.5. The number of anilines is 2. The van der Waals surface area contributed by atoms with Crippen LogP contribution in [0.5, 0.6) is 11.5 Å². The molecule has 1 aliphatic rings. The van der Waals surface area contributed by atoms with Gasteiger partial charge in [-0.05, 0) is 51.1 Å². The summed E-state index contributed by atoms with van der Waals surface area (Å²) in [6, 6.07) is 12.9. The Morgan fingerprint density at radius 3 is 2.38 bits per heavy atom. The monoisotopic (exact) mass is 839 g/mol. The predicted octanol–water partition coefficient (Wildman–Crippen LogP) is 1.98. The number of methoxy groups -OCH3 is 1. The van der Waals surface area contributed by atoms with Gasteiger partial charge in [-0.1, -0.05) is 0 Å². The van der Waals surface area contributed by atoms with E-state index >= 15 is 0 Å². The van der Waals surface area contributed by atoms with E-state index in [0.717, 1.165) is 35.2 Å². The van der Waals surface area contributed by atoms with Crippen molar-refractivity contribution in [2.45, 2.75) is 25.3 Å². The molecule has 0 saturated carbocycles. The Bertz CT molecular complexity index is 1610. The van der Waals surface area contributed by atoms with E-state index in [0.29, 0.717) is 35.3 Å². The SMILES string of the molecule is COc1ccc([N+](=O)[O-])cc1Nc1ncc(C#N)c(-c2cn(C)c3cc(OCCC4CCCN4C)ccc23)n1.[K][K].[K][K].[K][K].[K][K]. The topological polar surface area (TPSA) is 131 Å². The van der Waals surface area contributed by atoms with Gasteiger partial charge in [0, 0.05) is 48.4 Å². The summed E-state index contributed by atoms with van der Waals surface area (Å²) in [5.41, 5.74) is 2.70. The van der Waals surface area contributed by atoms with E-state index in [9.17, 15) is 15.4 Å². The standard InChI is InChI=1S/C28H29N7O4.8K/c1-33-11-4-5-19(33)10-12-39-21-7-8-22-23(17-34(2)25(22)14-21)27-18(15-29)16-30-28(32-27)31-24-13-20(35(36)37)6-9-26(24)38-3;;;;;;;;/h6-9,13-14,16-17,19H,4-5,10-12H2,1-3H3,(H,30,31,32);;;;;;;;. The third-order valence-corrected chi connectivity index (χ3v) is 7.16. The number of hydrogen-bond acceptors (Lipinski definition) is 9. The van der Waals surface area contributed by atoms with Gasteiger partial charge in [0.05, 0.1) is 47.3 Å². The molecule has 11 nitrogen and oxygen atoms in total. The summed E-state index contributed by atoms with van der Waals surface area (Å²) in [5.74, 6) is 1.36. The van der Waals surface area contributed by atoms with E-state index in [2.05, 4.69) is 33.3 Å². The fourth-order valence-corrected chi connectivity index (χ4v) is 5.06. The minimum atomic E-state index is -0.489. The summed E-state index contributed by atoms with van der Waals surface area (Å²) in [6.07, 6.45) is 6.80. The van der Waals surface area contributed by atoms with E-state index < -0.39 is 4.92 Å². The number of nitrogens with zero attached hydrogens (tertiary/aromatic N) is 6. The van der Waals surface area contributed by atoms with Crippen LogP contribution in [0, 0.1) is 21.4 Å². The normalized spacial score (nSPS) is 13.4. The first-order valence-electron chi connectivity index (χ1n) is 16.7. The van der Waals surface area contributed by atoms with Gasteiger partial charge in [-0.25, -0.2) is 9.97 Å². The maximum atomic E-state index is 11.3. The Morgan fingerprint density at radius 1 is 1.09 bits per heavy atom. The molecule has 0 radical (unpaired) electrons. The van der Waals surface area contributed by atoms with Crippen LogP contribution in [0.25, 0.3) is 22.2 Å². The molecule has 0 spiro atoms. The van der Waals surface area contributed by atoms with Gasteiger partial charge in [0.15, 0.2) is 0 Å². The van der Waals surface area contributed by atoms with Crippen molar-refractivity contribution in [2.24, 2.45) is 7.05 Å². The van der Waals surface area contributed by atoms with Crippen LogP contribution in [0.3, 0.4) is 0 Å². The molecule has 1 unspecified atom stereocenters. The molecule has 4 aromatic rings. The molecule has 1 saturated heterocycles. The van der Waals surface area contributed by atoms with Gasteiger partial charge in [0.2, 0.25) is 5.95 Å². The molecular weight excluding hydrogens is 811 g/mol. The summed E-state index contributed by atoms with van der Waals surface area (Å²) >= 11 is 10.0. The third kappa shape index (κ3) is 17.9. The van der Waals surface area contributed by atoms with Gasteiger partial charge in [-0.2, -0.15) is 5.26 Å².